The van der Waals surface area contributed by atoms with Crippen LogP contribution in [0.25, 0.3) is 0 Å². The number of carbonyl (C=O) groups excluding carboxylic acids is 1. The average molecular weight is 283 g/mol. The van der Waals surface area contributed by atoms with Gasteiger partial charge in [0.1, 0.15) is 5.69 Å². The molecule has 0 aliphatic heterocycles. The van der Waals surface area contributed by atoms with E-state index in [-0.39, 0.29) is 17.1 Å². The Labute approximate surface area is 117 Å². The molecule has 112 valence electrons. The van der Waals surface area contributed by atoms with E-state index in [1.54, 1.807) is 0 Å². The molecule has 1 heterocycles. The number of aromatic nitrogens is 2. The molecule has 1 rings (SSSR count). The number of nitrogens with one attached hydrogen (secondary N) is 1. The molecule has 1 aromatic rings. The predicted octanol–water partition coefficient (Wildman–Crippen LogP) is 0.708. The summed E-state index contributed by atoms with van der Waals surface area (Å²) in [5, 5.41) is 17.6. The van der Waals surface area contributed by atoms with Gasteiger partial charge < -0.3 is 10.2 Å². The molecule has 0 aromatic carbocycles. The second kappa shape index (κ2) is 6.99. The van der Waals surface area contributed by atoms with E-state index in [0.29, 0.717) is 13.1 Å². The van der Waals surface area contributed by atoms with Crippen molar-refractivity contribution >= 4 is 11.6 Å². The third-order valence-electron chi connectivity index (χ3n) is 3.20. The summed E-state index contributed by atoms with van der Waals surface area (Å²) in [4.78, 5) is 24.7. The first-order chi connectivity index (χ1) is 9.42. The Kier molecular flexibility index (Phi) is 5.63. The Balaban J connectivity index is 2.76. The Hall–Kier alpha value is -1.96. The summed E-state index contributed by atoms with van der Waals surface area (Å²) >= 11 is 0. The maximum absolute atomic E-state index is 12.1. The molecule has 0 aliphatic rings. The normalized spacial score (nSPS) is 10.8. The molecule has 1 amide bonds. The number of aryl methyl sites for hydroxylation is 2. The summed E-state index contributed by atoms with van der Waals surface area (Å²) in [5.74, 6) is -0.466. The van der Waals surface area contributed by atoms with Gasteiger partial charge in [-0.3, -0.25) is 19.6 Å². The van der Waals surface area contributed by atoms with Crippen LogP contribution >= 0.6 is 0 Å². The van der Waals surface area contributed by atoms with E-state index in [4.69, 9.17) is 0 Å². The Morgan fingerprint density at radius 2 is 2.05 bits per heavy atom. The molecule has 0 bridgehead atoms. The summed E-state index contributed by atoms with van der Waals surface area (Å²) in [5.41, 5.74) is 0.00581. The maximum atomic E-state index is 12.1. The number of carbonyl (C=O) groups is 1. The Morgan fingerprint density at radius 1 is 1.45 bits per heavy atom. The van der Waals surface area contributed by atoms with E-state index in [1.165, 1.54) is 18.7 Å². The van der Waals surface area contributed by atoms with Crippen molar-refractivity contribution in [1.82, 2.24) is 20.0 Å². The van der Waals surface area contributed by atoms with Crippen LogP contribution in [0.5, 0.6) is 0 Å². The van der Waals surface area contributed by atoms with Gasteiger partial charge in [-0.2, -0.15) is 5.10 Å². The van der Waals surface area contributed by atoms with Crippen molar-refractivity contribution in [3.63, 3.8) is 0 Å². The number of hydrogen-bond acceptors (Lipinski definition) is 5. The first-order valence-electron chi connectivity index (χ1n) is 6.60. The largest absolute Gasteiger partial charge is 0.349 e. The molecule has 0 spiro atoms. The quantitative estimate of drug-likeness (QED) is 0.587. The fourth-order valence-corrected chi connectivity index (χ4v) is 2.07. The van der Waals surface area contributed by atoms with Crippen LogP contribution < -0.4 is 5.32 Å². The summed E-state index contributed by atoms with van der Waals surface area (Å²) in [6.45, 7) is 8.56. The third kappa shape index (κ3) is 3.53. The molecule has 8 nitrogen and oxygen atoms in total. The fraction of sp³-hybridized carbons (Fsp3) is 0.667. The zero-order valence-corrected chi connectivity index (χ0v) is 12.3. The van der Waals surface area contributed by atoms with Crippen LogP contribution in [0.1, 0.15) is 30.0 Å². The predicted molar refractivity (Wildman–Crippen MR) is 74.7 cm³/mol. The second-order valence-corrected chi connectivity index (χ2v) is 4.45. The zero-order chi connectivity index (χ0) is 15.3. The fourth-order valence-electron chi connectivity index (χ4n) is 2.07. The van der Waals surface area contributed by atoms with Crippen molar-refractivity contribution < 1.29 is 9.72 Å². The van der Waals surface area contributed by atoms with Gasteiger partial charge in [-0.05, 0) is 20.0 Å². The van der Waals surface area contributed by atoms with Crippen molar-refractivity contribution in [2.45, 2.75) is 20.8 Å². The SMILES string of the molecule is CCN(CC)CCNC(=O)c1c([N+](=O)[O-])c(C)nn1C. The highest BCUT2D eigenvalue weighted by Gasteiger charge is 2.28. The molecular formula is C12H21N5O3. The molecule has 0 saturated heterocycles. The van der Waals surface area contributed by atoms with Gasteiger partial charge in [-0.15, -0.1) is 0 Å². The molecule has 0 unspecified atom stereocenters. The summed E-state index contributed by atoms with van der Waals surface area (Å²) in [6, 6.07) is 0. The molecule has 8 heteroatoms. The third-order valence-corrected chi connectivity index (χ3v) is 3.20. The van der Waals surface area contributed by atoms with Crippen LogP contribution in [0.15, 0.2) is 0 Å². The lowest BCUT2D eigenvalue weighted by Gasteiger charge is -2.17. The van der Waals surface area contributed by atoms with Crippen molar-refractivity contribution in [3.8, 4) is 0 Å². The highest BCUT2D eigenvalue weighted by atomic mass is 16.6. The van der Waals surface area contributed by atoms with E-state index in [0.717, 1.165) is 13.1 Å². The van der Waals surface area contributed by atoms with Gasteiger partial charge in [0, 0.05) is 20.1 Å². The topological polar surface area (TPSA) is 93.3 Å². The van der Waals surface area contributed by atoms with Gasteiger partial charge in [0.05, 0.1) is 4.92 Å². The molecule has 20 heavy (non-hydrogen) atoms. The van der Waals surface area contributed by atoms with Crippen molar-refractivity contribution in [2.75, 3.05) is 26.2 Å². The summed E-state index contributed by atoms with van der Waals surface area (Å²) < 4.78 is 1.25. The van der Waals surface area contributed by atoms with Crippen molar-refractivity contribution in [3.05, 3.63) is 21.5 Å². The van der Waals surface area contributed by atoms with Crippen LogP contribution in [-0.2, 0) is 7.05 Å². The van der Waals surface area contributed by atoms with E-state index < -0.39 is 10.8 Å². The highest BCUT2D eigenvalue weighted by Crippen LogP contribution is 2.21. The molecule has 1 N–H and O–H groups in total. The number of nitrogens with zero attached hydrogens (tertiary/aromatic N) is 4. The lowest BCUT2D eigenvalue weighted by Crippen LogP contribution is -2.35. The van der Waals surface area contributed by atoms with Gasteiger partial charge in [0.15, 0.2) is 0 Å². The first kappa shape index (κ1) is 16.1. The van der Waals surface area contributed by atoms with Gasteiger partial charge in [-0.1, -0.05) is 13.8 Å². The second-order valence-electron chi connectivity index (χ2n) is 4.45. The minimum Gasteiger partial charge on any atom is -0.349 e. The number of likely N-dealkylation sites (N-methyl/N-ethyl adjacent to an activating group) is 1. The summed E-state index contributed by atoms with van der Waals surface area (Å²) in [6.07, 6.45) is 0. The average Bonchev–Trinajstić information content (AvgIpc) is 2.69. The molecule has 1 aromatic heterocycles. The Bertz CT molecular complexity index is 494. The van der Waals surface area contributed by atoms with Crippen LogP contribution in [-0.4, -0.2) is 51.7 Å². The maximum Gasteiger partial charge on any atom is 0.322 e. The van der Waals surface area contributed by atoms with Gasteiger partial charge >= 0.3 is 5.69 Å². The molecule has 0 radical (unpaired) electrons. The van der Waals surface area contributed by atoms with E-state index in [2.05, 4.69) is 15.3 Å². The van der Waals surface area contributed by atoms with Crippen LogP contribution in [0, 0.1) is 17.0 Å². The van der Waals surface area contributed by atoms with Gasteiger partial charge in [-0.25, -0.2) is 0 Å². The molecule has 0 atom stereocenters. The smallest absolute Gasteiger partial charge is 0.322 e. The zero-order valence-electron chi connectivity index (χ0n) is 12.3. The van der Waals surface area contributed by atoms with Crippen LogP contribution in [0.3, 0.4) is 0 Å². The number of hydrogen-bond donors (Lipinski definition) is 1. The summed E-state index contributed by atoms with van der Waals surface area (Å²) in [7, 11) is 1.53. The Morgan fingerprint density at radius 3 is 2.55 bits per heavy atom. The van der Waals surface area contributed by atoms with Crippen LogP contribution in [0.4, 0.5) is 5.69 Å². The van der Waals surface area contributed by atoms with E-state index in [9.17, 15) is 14.9 Å². The first-order valence-corrected chi connectivity index (χ1v) is 6.60. The molecular weight excluding hydrogens is 262 g/mol. The lowest BCUT2D eigenvalue weighted by atomic mass is 10.3. The molecule has 0 saturated carbocycles. The number of rotatable bonds is 7. The van der Waals surface area contributed by atoms with Crippen molar-refractivity contribution in [1.29, 1.82) is 0 Å². The number of amides is 1. The molecule has 0 aliphatic carbocycles. The minimum absolute atomic E-state index is 0.00736. The van der Waals surface area contributed by atoms with Gasteiger partial charge in [0.25, 0.3) is 5.91 Å². The highest BCUT2D eigenvalue weighted by molar-refractivity contribution is 5.96. The minimum atomic E-state index is -0.568. The van der Waals surface area contributed by atoms with Crippen LogP contribution in [0.2, 0.25) is 0 Å². The number of nitro groups is 1. The molecule has 0 fully saturated rings. The van der Waals surface area contributed by atoms with E-state index >= 15 is 0 Å². The van der Waals surface area contributed by atoms with E-state index in [1.807, 2.05) is 13.8 Å². The van der Waals surface area contributed by atoms with Crippen molar-refractivity contribution in [2.24, 2.45) is 7.05 Å². The van der Waals surface area contributed by atoms with Gasteiger partial charge in [0.2, 0.25) is 5.69 Å². The monoisotopic (exact) mass is 283 g/mol. The lowest BCUT2D eigenvalue weighted by molar-refractivity contribution is -0.385. The standard InChI is InChI=1S/C12H21N5O3/c1-5-16(6-2)8-7-13-12(18)11-10(17(19)20)9(3)14-15(11)4/h5-8H2,1-4H3,(H,13,18).